The van der Waals surface area contributed by atoms with Crippen LogP contribution in [0.5, 0.6) is 0 Å². The molecule has 1 fully saturated rings. The minimum absolute atomic E-state index is 0.134. The Hall–Kier alpha value is -2.93. The summed E-state index contributed by atoms with van der Waals surface area (Å²) in [6.07, 6.45) is 5.39. The maximum absolute atomic E-state index is 13.2. The van der Waals surface area contributed by atoms with Crippen molar-refractivity contribution < 1.29 is 9.18 Å². The number of halogens is 2. The van der Waals surface area contributed by atoms with Gasteiger partial charge in [-0.2, -0.15) is 0 Å². The summed E-state index contributed by atoms with van der Waals surface area (Å²) in [5.74, 6) is 0.973. The first-order valence-electron chi connectivity index (χ1n) is 8.56. The molecule has 0 radical (unpaired) electrons. The summed E-state index contributed by atoms with van der Waals surface area (Å²) >= 11 is 6.02. The molecule has 4 rings (SSSR count). The molecule has 138 valence electrons. The number of carbonyl (C=O) groups is 1. The van der Waals surface area contributed by atoms with Crippen LogP contribution in [0.2, 0.25) is 5.02 Å². The highest BCUT2D eigenvalue weighted by atomic mass is 35.5. The molecular formula is C19H17ClFN5O. The first-order valence-corrected chi connectivity index (χ1v) is 8.94. The van der Waals surface area contributed by atoms with Crippen molar-refractivity contribution in [3.8, 4) is 5.82 Å². The van der Waals surface area contributed by atoms with E-state index in [4.69, 9.17) is 11.6 Å². The standard InChI is InChI=1S/C19H17ClFN5O/c20-16-11-14(21)3-4-15(16)19(27)26-9-7-25(8-10-26)18-12-17(22-13-23-18)24-5-1-2-6-24/h1-6,11-13H,7-10H2. The molecule has 0 N–H and O–H groups in total. The van der Waals surface area contributed by atoms with E-state index in [0.29, 0.717) is 31.7 Å². The van der Waals surface area contributed by atoms with E-state index in [1.54, 1.807) is 11.2 Å². The van der Waals surface area contributed by atoms with Crippen LogP contribution in [-0.2, 0) is 0 Å². The molecule has 0 atom stereocenters. The van der Waals surface area contributed by atoms with Crippen LogP contribution in [0.1, 0.15) is 10.4 Å². The Kier molecular flexibility index (Phi) is 4.77. The number of anilines is 1. The molecule has 8 heteroatoms. The quantitative estimate of drug-likeness (QED) is 0.695. The van der Waals surface area contributed by atoms with E-state index in [-0.39, 0.29) is 10.9 Å². The highest BCUT2D eigenvalue weighted by Gasteiger charge is 2.24. The molecule has 1 amide bonds. The molecule has 1 aliphatic heterocycles. The van der Waals surface area contributed by atoms with Crippen LogP contribution < -0.4 is 4.90 Å². The fraction of sp³-hybridized carbons (Fsp3) is 0.211. The summed E-state index contributed by atoms with van der Waals surface area (Å²) in [6.45, 7) is 2.37. The number of nitrogens with zero attached hydrogens (tertiary/aromatic N) is 5. The molecule has 0 saturated carbocycles. The van der Waals surface area contributed by atoms with Crippen molar-refractivity contribution in [3.63, 3.8) is 0 Å². The molecule has 0 bridgehead atoms. The van der Waals surface area contributed by atoms with Gasteiger partial charge in [-0.3, -0.25) is 4.79 Å². The number of benzene rings is 1. The Bertz CT molecular complexity index is 954. The van der Waals surface area contributed by atoms with Crippen molar-refractivity contribution in [3.05, 3.63) is 71.5 Å². The predicted octanol–water partition coefficient (Wildman–Crippen LogP) is 3.02. The zero-order valence-electron chi connectivity index (χ0n) is 14.4. The highest BCUT2D eigenvalue weighted by Crippen LogP contribution is 2.21. The monoisotopic (exact) mass is 385 g/mol. The van der Waals surface area contributed by atoms with Gasteiger partial charge >= 0.3 is 0 Å². The van der Waals surface area contributed by atoms with Gasteiger partial charge in [-0.05, 0) is 30.3 Å². The lowest BCUT2D eigenvalue weighted by atomic mass is 10.1. The minimum Gasteiger partial charge on any atom is -0.353 e. The van der Waals surface area contributed by atoms with Gasteiger partial charge in [0.2, 0.25) is 0 Å². The Morgan fingerprint density at radius 3 is 2.41 bits per heavy atom. The van der Waals surface area contributed by atoms with Crippen molar-refractivity contribution >= 4 is 23.3 Å². The summed E-state index contributed by atoms with van der Waals surface area (Å²) < 4.78 is 15.1. The fourth-order valence-electron chi connectivity index (χ4n) is 3.11. The first kappa shape index (κ1) is 17.5. The van der Waals surface area contributed by atoms with E-state index in [0.717, 1.165) is 17.7 Å². The molecule has 1 saturated heterocycles. The number of piperazine rings is 1. The molecule has 27 heavy (non-hydrogen) atoms. The number of hydrogen-bond donors (Lipinski definition) is 0. The van der Waals surface area contributed by atoms with E-state index >= 15 is 0 Å². The summed E-state index contributed by atoms with van der Waals surface area (Å²) in [7, 11) is 0. The molecule has 2 aromatic heterocycles. The maximum atomic E-state index is 13.2. The number of carbonyl (C=O) groups excluding carboxylic acids is 1. The van der Waals surface area contributed by atoms with Crippen molar-refractivity contribution in [2.24, 2.45) is 0 Å². The zero-order chi connectivity index (χ0) is 18.8. The summed E-state index contributed by atoms with van der Waals surface area (Å²) in [6, 6.07) is 9.64. The van der Waals surface area contributed by atoms with Crippen molar-refractivity contribution in [2.45, 2.75) is 0 Å². The normalized spacial score (nSPS) is 14.4. The molecule has 0 unspecified atom stereocenters. The van der Waals surface area contributed by atoms with Crippen LogP contribution in [0.25, 0.3) is 5.82 Å². The average Bonchev–Trinajstić information content (AvgIpc) is 3.23. The molecule has 3 aromatic rings. The lowest BCUT2D eigenvalue weighted by molar-refractivity contribution is 0.0746. The van der Waals surface area contributed by atoms with E-state index in [1.165, 1.54) is 12.1 Å². The second-order valence-corrected chi connectivity index (χ2v) is 6.64. The second-order valence-electron chi connectivity index (χ2n) is 6.23. The predicted molar refractivity (Wildman–Crippen MR) is 101 cm³/mol. The van der Waals surface area contributed by atoms with E-state index in [9.17, 15) is 9.18 Å². The molecule has 6 nitrogen and oxygen atoms in total. The summed E-state index contributed by atoms with van der Waals surface area (Å²) in [5, 5.41) is 0.134. The fourth-order valence-corrected chi connectivity index (χ4v) is 3.36. The van der Waals surface area contributed by atoms with Gasteiger partial charge in [-0.15, -0.1) is 0 Å². The van der Waals surface area contributed by atoms with Crippen LogP contribution >= 0.6 is 11.6 Å². The Morgan fingerprint density at radius 1 is 1.00 bits per heavy atom. The van der Waals surface area contributed by atoms with Crippen LogP contribution in [0.3, 0.4) is 0 Å². The molecule has 0 aliphatic carbocycles. The smallest absolute Gasteiger partial charge is 0.255 e. The van der Waals surface area contributed by atoms with Gasteiger partial charge in [0, 0.05) is 44.6 Å². The third-order valence-electron chi connectivity index (χ3n) is 4.56. The molecule has 0 spiro atoms. The number of amides is 1. The van der Waals surface area contributed by atoms with Gasteiger partial charge in [0.25, 0.3) is 5.91 Å². The van der Waals surface area contributed by atoms with Gasteiger partial charge in [-0.1, -0.05) is 11.6 Å². The van der Waals surface area contributed by atoms with Gasteiger partial charge in [-0.25, -0.2) is 14.4 Å². The van der Waals surface area contributed by atoms with Crippen LogP contribution in [0.4, 0.5) is 10.2 Å². The molecule has 3 heterocycles. The Morgan fingerprint density at radius 2 is 1.70 bits per heavy atom. The largest absolute Gasteiger partial charge is 0.353 e. The third kappa shape index (κ3) is 3.64. The van der Waals surface area contributed by atoms with Crippen LogP contribution in [0.15, 0.2) is 55.1 Å². The van der Waals surface area contributed by atoms with Crippen LogP contribution in [-0.4, -0.2) is 51.5 Å². The Labute approximate surface area is 160 Å². The van der Waals surface area contributed by atoms with Crippen LogP contribution in [0, 0.1) is 5.82 Å². The zero-order valence-corrected chi connectivity index (χ0v) is 15.2. The topological polar surface area (TPSA) is 54.3 Å². The van der Waals surface area contributed by atoms with Gasteiger partial charge in [0.1, 0.15) is 23.8 Å². The third-order valence-corrected chi connectivity index (χ3v) is 4.87. The minimum atomic E-state index is -0.455. The van der Waals surface area contributed by atoms with Crippen molar-refractivity contribution in [1.29, 1.82) is 0 Å². The lowest BCUT2D eigenvalue weighted by Crippen LogP contribution is -2.49. The first-order chi connectivity index (χ1) is 13.1. The summed E-state index contributed by atoms with van der Waals surface area (Å²) in [5.41, 5.74) is 0.323. The molecular weight excluding hydrogens is 369 g/mol. The molecule has 1 aliphatic rings. The van der Waals surface area contributed by atoms with E-state index < -0.39 is 5.82 Å². The number of rotatable bonds is 3. The Balaban J connectivity index is 1.45. The highest BCUT2D eigenvalue weighted by molar-refractivity contribution is 6.33. The van der Waals surface area contributed by atoms with Gasteiger partial charge in [0.05, 0.1) is 10.6 Å². The average molecular weight is 386 g/mol. The van der Waals surface area contributed by atoms with E-state index in [2.05, 4.69) is 14.9 Å². The lowest BCUT2D eigenvalue weighted by Gasteiger charge is -2.35. The maximum Gasteiger partial charge on any atom is 0.255 e. The number of aromatic nitrogens is 3. The summed E-state index contributed by atoms with van der Waals surface area (Å²) in [4.78, 5) is 25.1. The van der Waals surface area contributed by atoms with Crippen molar-refractivity contribution in [2.75, 3.05) is 31.1 Å². The van der Waals surface area contributed by atoms with Gasteiger partial charge in [0.15, 0.2) is 0 Å². The molecule has 1 aromatic carbocycles. The van der Waals surface area contributed by atoms with E-state index in [1.807, 2.05) is 35.2 Å². The van der Waals surface area contributed by atoms with Crippen molar-refractivity contribution in [1.82, 2.24) is 19.4 Å². The van der Waals surface area contributed by atoms with Gasteiger partial charge < -0.3 is 14.4 Å². The second kappa shape index (κ2) is 7.36. The SMILES string of the molecule is O=C(c1ccc(F)cc1Cl)N1CCN(c2cc(-n3cccc3)ncn2)CC1. The number of hydrogen-bond acceptors (Lipinski definition) is 4.